The molecule has 0 nitrogen and oxygen atoms in total. The third-order valence-electron chi connectivity index (χ3n) is 3.51. The molecule has 0 fully saturated rings. The summed E-state index contributed by atoms with van der Waals surface area (Å²) in [6.45, 7) is 4.45. The Morgan fingerprint density at radius 1 is 0.500 bits per heavy atom. The summed E-state index contributed by atoms with van der Waals surface area (Å²) in [6, 6.07) is 0. The molecule has 20 heavy (non-hydrogen) atoms. The van der Waals surface area contributed by atoms with Gasteiger partial charge in [0.1, 0.15) is 0 Å². The summed E-state index contributed by atoms with van der Waals surface area (Å²) in [6.07, 6.45) is 29.6. The summed E-state index contributed by atoms with van der Waals surface area (Å²) in [7, 11) is 0. The molecule has 116 valence electrons. The van der Waals surface area contributed by atoms with E-state index in [0.29, 0.717) is 0 Å². The fraction of sp³-hybridized carbons (Fsp3) is 0.700. The van der Waals surface area contributed by atoms with Gasteiger partial charge in [-0.15, -0.1) is 0 Å². The van der Waals surface area contributed by atoms with E-state index >= 15 is 0 Å². The molecule has 0 atom stereocenters. The van der Waals surface area contributed by atoms with E-state index in [0.717, 1.165) is 6.42 Å². The molecular weight excluding hydrogens is 240 g/mol. The van der Waals surface area contributed by atoms with Gasteiger partial charge in [-0.3, -0.25) is 0 Å². The first kappa shape index (κ1) is 19.2. The largest absolute Gasteiger partial charge is 0.0885 e. The van der Waals surface area contributed by atoms with E-state index in [1.807, 2.05) is 0 Å². The van der Waals surface area contributed by atoms with Crippen LogP contribution in [-0.2, 0) is 0 Å². The van der Waals surface area contributed by atoms with Crippen molar-refractivity contribution >= 4 is 0 Å². The average Bonchev–Trinajstić information content (AvgIpc) is 2.47. The Morgan fingerprint density at radius 3 is 1.75 bits per heavy atom. The Morgan fingerprint density at radius 2 is 1.05 bits per heavy atom. The average molecular weight is 277 g/mol. The second-order valence-electron chi connectivity index (χ2n) is 5.58. The van der Waals surface area contributed by atoms with Crippen molar-refractivity contribution in [3.05, 3.63) is 36.5 Å². The van der Waals surface area contributed by atoms with E-state index in [2.05, 4.69) is 50.3 Å². The van der Waals surface area contributed by atoms with Crippen molar-refractivity contribution < 1.29 is 0 Å². The summed E-state index contributed by atoms with van der Waals surface area (Å²) in [5.41, 5.74) is 0. The van der Waals surface area contributed by atoms with Gasteiger partial charge in [-0.05, 0) is 32.1 Å². The Labute approximate surface area is 128 Å². The van der Waals surface area contributed by atoms with Crippen molar-refractivity contribution in [1.29, 1.82) is 0 Å². The van der Waals surface area contributed by atoms with Crippen LogP contribution in [0.5, 0.6) is 0 Å². The van der Waals surface area contributed by atoms with Crippen LogP contribution in [0.3, 0.4) is 0 Å². The maximum Gasteiger partial charge on any atom is -0.0313 e. The highest BCUT2D eigenvalue weighted by molar-refractivity contribution is 5.02. The van der Waals surface area contributed by atoms with Crippen molar-refractivity contribution in [2.45, 2.75) is 90.9 Å². The zero-order valence-electron chi connectivity index (χ0n) is 13.9. The summed E-state index contributed by atoms with van der Waals surface area (Å²) >= 11 is 0. The van der Waals surface area contributed by atoms with Gasteiger partial charge >= 0.3 is 0 Å². The van der Waals surface area contributed by atoms with Gasteiger partial charge in [-0.2, -0.15) is 0 Å². The molecule has 0 unspecified atom stereocenters. The molecule has 0 saturated carbocycles. The van der Waals surface area contributed by atoms with Gasteiger partial charge in [0.2, 0.25) is 0 Å². The lowest BCUT2D eigenvalue weighted by Gasteiger charge is -1.99. The molecule has 0 heteroatoms. The topological polar surface area (TPSA) is 0 Å². The van der Waals surface area contributed by atoms with Crippen molar-refractivity contribution in [3.8, 4) is 0 Å². The number of allylic oxidation sites excluding steroid dienone is 6. The highest BCUT2D eigenvalue weighted by atomic mass is 14.0. The fourth-order valence-electron chi connectivity index (χ4n) is 2.21. The Balaban J connectivity index is 3.16. The standard InChI is InChI=1S/C20H36/c1-3-5-7-9-11-13-15-17-19-20-18-16-14-12-10-8-6-4-2/h5,7,9,11,17,19H,3-4,6,8,10,12-16,18,20H2,1-2H3/b7-5+,11-9+,19-17+. The Bertz CT molecular complexity index is 245. The molecule has 0 N–H and O–H groups in total. The number of hydrogen-bond acceptors (Lipinski definition) is 0. The minimum absolute atomic E-state index is 1.13. The van der Waals surface area contributed by atoms with Crippen LogP contribution in [0.1, 0.15) is 90.9 Å². The molecule has 0 saturated heterocycles. The molecule has 0 radical (unpaired) electrons. The molecule has 0 amide bonds. The Hall–Kier alpha value is -0.780. The molecule has 0 aromatic heterocycles. The SMILES string of the molecule is CC/C=C/C=C/CC/C=C/CCCCCCCCCC. The fourth-order valence-corrected chi connectivity index (χ4v) is 2.21. The summed E-state index contributed by atoms with van der Waals surface area (Å²) in [4.78, 5) is 0. The maximum absolute atomic E-state index is 2.37. The number of unbranched alkanes of at least 4 members (excludes halogenated alkanes) is 9. The van der Waals surface area contributed by atoms with E-state index in [9.17, 15) is 0 Å². The first-order valence-corrected chi connectivity index (χ1v) is 8.88. The quantitative estimate of drug-likeness (QED) is 0.176. The van der Waals surface area contributed by atoms with Crippen molar-refractivity contribution in [3.63, 3.8) is 0 Å². The molecule has 0 aliphatic rings. The number of rotatable bonds is 14. The first-order chi connectivity index (χ1) is 9.91. The molecule has 0 aliphatic heterocycles. The van der Waals surface area contributed by atoms with E-state index in [1.165, 1.54) is 70.6 Å². The predicted octanol–water partition coefficient (Wildman–Crippen LogP) is 7.38. The molecule has 0 aromatic rings. The van der Waals surface area contributed by atoms with Gasteiger partial charge in [0.05, 0.1) is 0 Å². The van der Waals surface area contributed by atoms with Gasteiger partial charge in [0, 0.05) is 0 Å². The zero-order valence-corrected chi connectivity index (χ0v) is 13.9. The summed E-state index contributed by atoms with van der Waals surface area (Å²) < 4.78 is 0. The summed E-state index contributed by atoms with van der Waals surface area (Å²) in [5.74, 6) is 0. The first-order valence-electron chi connectivity index (χ1n) is 8.88. The van der Waals surface area contributed by atoms with Gasteiger partial charge in [-0.25, -0.2) is 0 Å². The second kappa shape index (κ2) is 18.2. The third kappa shape index (κ3) is 17.2. The van der Waals surface area contributed by atoms with Crippen molar-refractivity contribution in [2.75, 3.05) is 0 Å². The molecule has 0 rings (SSSR count). The van der Waals surface area contributed by atoms with E-state index in [1.54, 1.807) is 0 Å². The van der Waals surface area contributed by atoms with Crippen LogP contribution in [-0.4, -0.2) is 0 Å². The molecule has 0 heterocycles. The van der Waals surface area contributed by atoms with Gasteiger partial charge < -0.3 is 0 Å². The van der Waals surface area contributed by atoms with Gasteiger partial charge in [0.15, 0.2) is 0 Å². The van der Waals surface area contributed by atoms with Crippen LogP contribution in [0.25, 0.3) is 0 Å². The predicted molar refractivity (Wildman–Crippen MR) is 94.2 cm³/mol. The zero-order chi connectivity index (χ0) is 14.7. The molecule has 0 aliphatic carbocycles. The molecule has 0 aromatic carbocycles. The lowest BCUT2D eigenvalue weighted by Crippen LogP contribution is -1.79. The van der Waals surface area contributed by atoms with Crippen LogP contribution in [0.2, 0.25) is 0 Å². The minimum Gasteiger partial charge on any atom is -0.0885 e. The van der Waals surface area contributed by atoms with E-state index in [-0.39, 0.29) is 0 Å². The van der Waals surface area contributed by atoms with Crippen molar-refractivity contribution in [2.24, 2.45) is 0 Å². The third-order valence-corrected chi connectivity index (χ3v) is 3.51. The smallest absolute Gasteiger partial charge is 0.0313 e. The monoisotopic (exact) mass is 276 g/mol. The molecule has 0 spiro atoms. The molecular formula is C20H36. The second-order valence-corrected chi connectivity index (χ2v) is 5.58. The van der Waals surface area contributed by atoms with E-state index in [4.69, 9.17) is 0 Å². The number of hydrogen-bond donors (Lipinski definition) is 0. The van der Waals surface area contributed by atoms with Crippen molar-refractivity contribution in [1.82, 2.24) is 0 Å². The normalized spacial score (nSPS) is 12.3. The van der Waals surface area contributed by atoms with Crippen LogP contribution in [0.4, 0.5) is 0 Å². The highest BCUT2D eigenvalue weighted by Crippen LogP contribution is 2.09. The van der Waals surface area contributed by atoms with Crippen LogP contribution in [0, 0.1) is 0 Å². The van der Waals surface area contributed by atoms with Gasteiger partial charge in [0.25, 0.3) is 0 Å². The van der Waals surface area contributed by atoms with Crippen LogP contribution in [0.15, 0.2) is 36.5 Å². The van der Waals surface area contributed by atoms with E-state index < -0.39 is 0 Å². The molecule has 0 bridgehead atoms. The summed E-state index contributed by atoms with van der Waals surface area (Å²) in [5, 5.41) is 0. The highest BCUT2D eigenvalue weighted by Gasteiger charge is 1.90. The van der Waals surface area contributed by atoms with Gasteiger partial charge in [-0.1, -0.05) is 95.2 Å². The lowest BCUT2D eigenvalue weighted by atomic mass is 10.1. The van der Waals surface area contributed by atoms with Crippen LogP contribution >= 0.6 is 0 Å². The lowest BCUT2D eigenvalue weighted by molar-refractivity contribution is 0.577. The minimum atomic E-state index is 1.13. The Kier molecular flexibility index (Phi) is 17.5. The maximum atomic E-state index is 2.37. The van der Waals surface area contributed by atoms with Crippen LogP contribution < -0.4 is 0 Å².